The molecule has 1 unspecified atom stereocenters. The number of rotatable bonds is 4. The largest absolute Gasteiger partial charge is 0.324 e. The van der Waals surface area contributed by atoms with E-state index in [2.05, 4.69) is 9.80 Å². The third-order valence-corrected chi connectivity index (χ3v) is 5.29. The predicted octanol–water partition coefficient (Wildman–Crippen LogP) is 2.72. The van der Waals surface area contributed by atoms with Gasteiger partial charge in [0.15, 0.2) is 0 Å². The molecule has 0 spiro atoms. The Morgan fingerprint density at radius 3 is 2.80 bits per heavy atom. The van der Waals surface area contributed by atoms with Crippen LogP contribution in [0.3, 0.4) is 0 Å². The second kappa shape index (κ2) is 6.20. The number of thiophene rings is 1. The summed E-state index contributed by atoms with van der Waals surface area (Å²) >= 11 is 1.24. The van der Waals surface area contributed by atoms with Crippen LogP contribution in [0.4, 0.5) is 5.00 Å². The fourth-order valence-electron chi connectivity index (χ4n) is 3.38. The van der Waals surface area contributed by atoms with Gasteiger partial charge in [-0.15, -0.1) is 0 Å². The minimum absolute atomic E-state index is 0.258. The highest BCUT2D eigenvalue weighted by Gasteiger charge is 2.27. The smallest absolute Gasteiger partial charge is 0.299 e. The van der Waals surface area contributed by atoms with Gasteiger partial charge in [-0.05, 0) is 50.9 Å². The number of likely N-dealkylation sites (tertiary alicyclic amines) is 2. The number of hydrogen-bond donors (Lipinski definition) is 0. The van der Waals surface area contributed by atoms with Crippen LogP contribution >= 0.6 is 11.3 Å². The summed E-state index contributed by atoms with van der Waals surface area (Å²) in [5.41, 5.74) is 1.09. The molecule has 5 nitrogen and oxygen atoms in total. The van der Waals surface area contributed by atoms with Crippen molar-refractivity contribution in [3.8, 4) is 0 Å². The maximum absolute atomic E-state index is 10.7. The Hall–Kier alpha value is -0.980. The van der Waals surface area contributed by atoms with Gasteiger partial charge in [0, 0.05) is 30.6 Å². The van der Waals surface area contributed by atoms with Crippen molar-refractivity contribution >= 4 is 16.3 Å². The predicted molar refractivity (Wildman–Crippen MR) is 80.1 cm³/mol. The summed E-state index contributed by atoms with van der Waals surface area (Å²) in [7, 11) is 0. The lowest BCUT2D eigenvalue weighted by atomic mass is 10.0. The molecule has 0 aliphatic carbocycles. The van der Waals surface area contributed by atoms with Crippen LogP contribution in [0.1, 0.15) is 31.2 Å². The van der Waals surface area contributed by atoms with Crippen LogP contribution < -0.4 is 0 Å². The number of nitrogens with zero attached hydrogens (tertiary/aromatic N) is 3. The topological polar surface area (TPSA) is 49.6 Å². The SMILES string of the molecule is O=[N+]([O-])c1cc(CN2CCCC(N3CCCC3)C2)cs1. The Kier molecular flexibility index (Phi) is 4.33. The van der Waals surface area contributed by atoms with Gasteiger partial charge in [-0.1, -0.05) is 11.3 Å². The summed E-state index contributed by atoms with van der Waals surface area (Å²) in [6.45, 7) is 5.59. The molecule has 0 amide bonds. The third kappa shape index (κ3) is 3.19. The fraction of sp³-hybridized carbons (Fsp3) is 0.714. The molecular weight excluding hydrogens is 274 g/mol. The van der Waals surface area contributed by atoms with E-state index >= 15 is 0 Å². The van der Waals surface area contributed by atoms with Crippen LogP contribution in [0.2, 0.25) is 0 Å². The molecule has 110 valence electrons. The molecule has 20 heavy (non-hydrogen) atoms. The van der Waals surface area contributed by atoms with E-state index in [9.17, 15) is 10.1 Å². The highest BCUT2D eigenvalue weighted by atomic mass is 32.1. The molecule has 0 aromatic carbocycles. The van der Waals surface area contributed by atoms with Gasteiger partial charge < -0.3 is 0 Å². The molecule has 2 saturated heterocycles. The fourth-order valence-corrected chi connectivity index (χ4v) is 4.10. The Bertz CT molecular complexity index is 471. The first kappa shape index (κ1) is 14.0. The molecule has 0 bridgehead atoms. The van der Waals surface area contributed by atoms with E-state index in [0.29, 0.717) is 6.04 Å². The number of hydrogen-bond acceptors (Lipinski definition) is 5. The Morgan fingerprint density at radius 1 is 1.30 bits per heavy atom. The van der Waals surface area contributed by atoms with Crippen LogP contribution in [0, 0.1) is 10.1 Å². The molecule has 1 aromatic rings. The zero-order chi connectivity index (χ0) is 13.9. The molecular formula is C14H21N3O2S. The number of nitro groups is 1. The average Bonchev–Trinajstić information content (AvgIpc) is 3.10. The van der Waals surface area contributed by atoms with E-state index in [-0.39, 0.29) is 9.92 Å². The standard InChI is InChI=1S/C14H21N3O2S/c18-17(19)14-8-12(11-20-14)9-15-5-3-4-13(10-15)16-6-1-2-7-16/h8,11,13H,1-7,9-10H2. The maximum Gasteiger partial charge on any atom is 0.324 e. The molecule has 1 atom stereocenters. The van der Waals surface area contributed by atoms with E-state index in [1.54, 1.807) is 6.07 Å². The molecule has 1 aromatic heterocycles. The minimum atomic E-state index is -0.294. The maximum atomic E-state index is 10.7. The summed E-state index contributed by atoms with van der Waals surface area (Å²) in [6, 6.07) is 2.42. The molecule has 2 aliphatic heterocycles. The Morgan fingerprint density at radius 2 is 2.10 bits per heavy atom. The van der Waals surface area contributed by atoms with Gasteiger partial charge in [-0.25, -0.2) is 0 Å². The van der Waals surface area contributed by atoms with Crippen molar-refractivity contribution in [2.75, 3.05) is 26.2 Å². The van der Waals surface area contributed by atoms with E-state index in [1.165, 1.54) is 50.1 Å². The first-order chi connectivity index (χ1) is 9.72. The summed E-state index contributed by atoms with van der Waals surface area (Å²) in [4.78, 5) is 15.5. The molecule has 2 fully saturated rings. The first-order valence-electron chi connectivity index (χ1n) is 7.40. The monoisotopic (exact) mass is 295 g/mol. The molecule has 0 radical (unpaired) electrons. The van der Waals surface area contributed by atoms with Crippen LogP contribution in [0.25, 0.3) is 0 Å². The number of piperidine rings is 1. The van der Waals surface area contributed by atoms with Crippen molar-refractivity contribution in [3.63, 3.8) is 0 Å². The molecule has 0 saturated carbocycles. The van der Waals surface area contributed by atoms with Crippen molar-refractivity contribution in [2.24, 2.45) is 0 Å². The zero-order valence-corrected chi connectivity index (χ0v) is 12.5. The summed E-state index contributed by atoms with van der Waals surface area (Å²) in [6.07, 6.45) is 5.23. The van der Waals surface area contributed by atoms with Crippen molar-refractivity contribution < 1.29 is 4.92 Å². The Labute approximate surface area is 123 Å². The van der Waals surface area contributed by atoms with E-state index in [4.69, 9.17) is 0 Å². The van der Waals surface area contributed by atoms with Gasteiger partial charge in [-0.3, -0.25) is 19.9 Å². The lowest BCUT2D eigenvalue weighted by Crippen LogP contribution is -2.46. The van der Waals surface area contributed by atoms with Gasteiger partial charge in [-0.2, -0.15) is 0 Å². The van der Waals surface area contributed by atoms with E-state index in [0.717, 1.165) is 25.2 Å². The molecule has 2 aliphatic rings. The van der Waals surface area contributed by atoms with Crippen LogP contribution in [-0.4, -0.2) is 46.9 Å². The van der Waals surface area contributed by atoms with Crippen molar-refractivity contribution in [1.82, 2.24) is 9.80 Å². The lowest BCUT2D eigenvalue weighted by Gasteiger charge is -2.37. The molecule has 3 rings (SSSR count). The highest BCUT2D eigenvalue weighted by molar-refractivity contribution is 7.13. The third-order valence-electron chi connectivity index (χ3n) is 4.36. The molecule has 3 heterocycles. The highest BCUT2D eigenvalue weighted by Crippen LogP contribution is 2.26. The average molecular weight is 295 g/mol. The molecule has 0 N–H and O–H groups in total. The van der Waals surface area contributed by atoms with Crippen molar-refractivity contribution in [3.05, 3.63) is 27.1 Å². The van der Waals surface area contributed by atoms with Gasteiger partial charge in [0.1, 0.15) is 0 Å². The van der Waals surface area contributed by atoms with Crippen LogP contribution in [-0.2, 0) is 6.54 Å². The van der Waals surface area contributed by atoms with E-state index in [1.807, 2.05) is 5.38 Å². The van der Waals surface area contributed by atoms with Crippen molar-refractivity contribution in [2.45, 2.75) is 38.3 Å². The molecule has 6 heteroatoms. The summed E-state index contributed by atoms with van der Waals surface area (Å²) in [5, 5.41) is 12.9. The van der Waals surface area contributed by atoms with Crippen LogP contribution in [0.5, 0.6) is 0 Å². The quantitative estimate of drug-likeness (QED) is 0.633. The van der Waals surface area contributed by atoms with Gasteiger partial charge >= 0.3 is 5.00 Å². The van der Waals surface area contributed by atoms with E-state index < -0.39 is 0 Å². The minimum Gasteiger partial charge on any atom is -0.299 e. The second-order valence-corrected chi connectivity index (χ2v) is 6.71. The Balaban J connectivity index is 1.57. The van der Waals surface area contributed by atoms with Crippen LogP contribution in [0.15, 0.2) is 11.4 Å². The van der Waals surface area contributed by atoms with Crippen molar-refractivity contribution in [1.29, 1.82) is 0 Å². The second-order valence-electron chi connectivity index (χ2n) is 5.82. The normalized spacial score (nSPS) is 25.1. The van der Waals surface area contributed by atoms with Gasteiger partial charge in [0.25, 0.3) is 0 Å². The zero-order valence-electron chi connectivity index (χ0n) is 11.7. The first-order valence-corrected chi connectivity index (χ1v) is 8.28. The summed E-state index contributed by atoms with van der Waals surface area (Å²) in [5.74, 6) is 0. The van der Waals surface area contributed by atoms with Gasteiger partial charge in [0.05, 0.1) is 4.92 Å². The summed E-state index contributed by atoms with van der Waals surface area (Å²) < 4.78 is 0. The van der Waals surface area contributed by atoms with Gasteiger partial charge in [0.2, 0.25) is 0 Å². The lowest BCUT2D eigenvalue weighted by molar-refractivity contribution is -0.380.